The van der Waals surface area contributed by atoms with Gasteiger partial charge in [-0.05, 0) is 19.1 Å². The van der Waals surface area contributed by atoms with Gasteiger partial charge in [-0.25, -0.2) is 4.98 Å². The number of nitrogens with zero attached hydrogens (tertiary/aromatic N) is 2. The van der Waals surface area contributed by atoms with E-state index in [1.54, 1.807) is 12.1 Å². The molecule has 5 nitrogen and oxygen atoms in total. The third kappa shape index (κ3) is 4.32. The average molecular weight is 335 g/mol. The summed E-state index contributed by atoms with van der Waals surface area (Å²) in [5.41, 5.74) is 3.62. The van der Waals surface area contributed by atoms with Crippen molar-refractivity contribution in [3.8, 4) is 0 Å². The Morgan fingerprint density at radius 3 is 2.60 bits per heavy atom. The van der Waals surface area contributed by atoms with Crippen LogP contribution in [0.25, 0.3) is 5.65 Å². The molecule has 0 atom stereocenters. The first-order chi connectivity index (χ1) is 12.1. The number of benzene rings is 1. The fourth-order valence-electron chi connectivity index (χ4n) is 2.73. The number of fused-ring (bicyclic) bond motifs is 1. The Morgan fingerprint density at radius 1 is 1.04 bits per heavy atom. The van der Waals surface area contributed by atoms with E-state index < -0.39 is 0 Å². The van der Waals surface area contributed by atoms with Crippen molar-refractivity contribution < 1.29 is 9.59 Å². The molecular formula is C20H21N3O2. The van der Waals surface area contributed by atoms with E-state index in [-0.39, 0.29) is 24.5 Å². The molecule has 0 radical (unpaired) electrons. The molecule has 128 valence electrons. The zero-order valence-electron chi connectivity index (χ0n) is 14.2. The normalized spacial score (nSPS) is 10.8. The molecule has 0 saturated carbocycles. The van der Waals surface area contributed by atoms with Crippen molar-refractivity contribution in [1.29, 1.82) is 0 Å². The molecule has 2 heterocycles. The Balaban J connectivity index is 1.44. The molecule has 25 heavy (non-hydrogen) atoms. The molecule has 0 saturated heterocycles. The highest BCUT2D eigenvalue weighted by molar-refractivity contribution is 5.97. The Bertz CT molecular complexity index is 884. The minimum absolute atomic E-state index is 0.00780. The van der Waals surface area contributed by atoms with Gasteiger partial charge in [-0.15, -0.1) is 0 Å². The zero-order valence-corrected chi connectivity index (χ0v) is 14.2. The molecule has 0 bridgehead atoms. The summed E-state index contributed by atoms with van der Waals surface area (Å²) in [6, 6.07) is 15.0. The number of hydrogen-bond acceptors (Lipinski definition) is 3. The van der Waals surface area contributed by atoms with Crippen LogP contribution in [0.3, 0.4) is 0 Å². The number of aryl methyl sites for hydroxylation is 1. The van der Waals surface area contributed by atoms with Crippen LogP contribution in [-0.2, 0) is 11.2 Å². The van der Waals surface area contributed by atoms with Gasteiger partial charge in [0, 0.05) is 43.3 Å². The van der Waals surface area contributed by atoms with Crippen LogP contribution in [0.15, 0.2) is 54.7 Å². The summed E-state index contributed by atoms with van der Waals surface area (Å²) in [4.78, 5) is 28.4. The maximum Gasteiger partial charge on any atom is 0.220 e. The van der Waals surface area contributed by atoms with Gasteiger partial charge in [0.15, 0.2) is 5.78 Å². The Hall–Kier alpha value is -2.95. The second-order valence-electron chi connectivity index (χ2n) is 6.02. The van der Waals surface area contributed by atoms with E-state index in [1.807, 2.05) is 53.9 Å². The summed E-state index contributed by atoms with van der Waals surface area (Å²) >= 11 is 0. The van der Waals surface area contributed by atoms with E-state index >= 15 is 0 Å². The van der Waals surface area contributed by atoms with Crippen LogP contribution in [0, 0.1) is 6.92 Å². The molecule has 1 aromatic carbocycles. The van der Waals surface area contributed by atoms with Crippen LogP contribution in [0.4, 0.5) is 0 Å². The summed E-state index contributed by atoms with van der Waals surface area (Å²) in [5, 5.41) is 2.86. The van der Waals surface area contributed by atoms with Gasteiger partial charge in [-0.2, -0.15) is 0 Å². The van der Waals surface area contributed by atoms with E-state index in [4.69, 9.17) is 0 Å². The SMILES string of the molecule is Cc1cccc2nc(CCNC(=O)CCC(=O)c3ccccc3)cn12. The lowest BCUT2D eigenvalue weighted by Gasteiger charge is -2.04. The molecule has 1 N–H and O–H groups in total. The number of ketones is 1. The smallest absolute Gasteiger partial charge is 0.220 e. The molecule has 2 aromatic heterocycles. The zero-order chi connectivity index (χ0) is 17.6. The maximum atomic E-state index is 12.0. The van der Waals surface area contributed by atoms with Crippen LogP contribution in [0.1, 0.15) is 34.6 Å². The summed E-state index contributed by atoms with van der Waals surface area (Å²) < 4.78 is 2.04. The largest absolute Gasteiger partial charge is 0.356 e. The lowest BCUT2D eigenvalue weighted by Crippen LogP contribution is -2.26. The van der Waals surface area contributed by atoms with Crippen molar-refractivity contribution in [2.45, 2.75) is 26.2 Å². The van der Waals surface area contributed by atoms with Crippen molar-refractivity contribution in [2.75, 3.05) is 6.54 Å². The molecule has 5 heteroatoms. The lowest BCUT2D eigenvalue weighted by atomic mass is 10.1. The molecule has 1 amide bonds. The minimum atomic E-state index is -0.107. The molecule has 0 fully saturated rings. The number of amides is 1. The summed E-state index contributed by atoms with van der Waals surface area (Å²) in [6.07, 6.45) is 3.09. The van der Waals surface area contributed by atoms with E-state index in [2.05, 4.69) is 10.3 Å². The fourth-order valence-corrected chi connectivity index (χ4v) is 2.73. The monoisotopic (exact) mass is 335 g/mol. The molecule has 0 aliphatic heterocycles. The second-order valence-corrected chi connectivity index (χ2v) is 6.02. The molecule has 0 spiro atoms. The number of carbonyl (C=O) groups excluding carboxylic acids is 2. The van der Waals surface area contributed by atoms with Crippen molar-refractivity contribution in [3.63, 3.8) is 0 Å². The van der Waals surface area contributed by atoms with Crippen LogP contribution < -0.4 is 5.32 Å². The number of hydrogen-bond donors (Lipinski definition) is 1. The van der Waals surface area contributed by atoms with E-state index in [9.17, 15) is 9.59 Å². The van der Waals surface area contributed by atoms with Crippen LogP contribution in [0.5, 0.6) is 0 Å². The van der Waals surface area contributed by atoms with E-state index in [1.165, 1.54) is 0 Å². The van der Waals surface area contributed by atoms with Crippen molar-refractivity contribution >= 4 is 17.3 Å². The number of imidazole rings is 1. The van der Waals surface area contributed by atoms with Gasteiger partial charge in [-0.3, -0.25) is 9.59 Å². The average Bonchev–Trinajstić information content (AvgIpc) is 3.05. The van der Waals surface area contributed by atoms with Crippen molar-refractivity contribution in [3.05, 3.63) is 71.7 Å². The Labute approximate surface area is 146 Å². The van der Waals surface area contributed by atoms with E-state index in [0.29, 0.717) is 18.5 Å². The quantitative estimate of drug-likeness (QED) is 0.675. The van der Waals surface area contributed by atoms with Gasteiger partial charge >= 0.3 is 0 Å². The van der Waals surface area contributed by atoms with Gasteiger partial charge in [0.25, 0.3) is 0 Å². The topological polar surface area (TPSA) is 63.5 Å². The number of nitrogens with one attached hydrogen (secondary N) is 1. The van der Waals surface area contributed by atoms with Crippen LogP contribution in [-0.4, -0.2) is 27.6 Å². The molecule has 0 unspecified atom stereocenters. The van der Waals surface area contributed by atoms with Crippen LogP contribution in [0.2, 0.25) is 0 Å². The summed E-state index contributed by atoms with van der Waals surface area (Å²) in [7, 11) is 0. The first-order valence-electron chi connectivity index (χ1n) is 8.42. The molecule has 0 aliphatic carbocycles. The van der Waals surface area contributed by atoms with E-state index in [0.717, 1.165) is 17.0 Å². The molecule has 3 aromatic rings. The van der Waals surface area contributed by atoms with Gasteiger partial charge in [0.05, 0.1) is 5.69 Å². The Morgan fingerprint density at radius 2 is 1.84 bits per heavy atom. The molecule has 3 rings (SSSR count). The van der Waals surface area contributed by atoms with Crippen molar-refractivity contribution in [2.24, 2.45) is 0 Å². The highest BCUT2D eigenvalue weighted by Crippen LogP contribution is 2.09. The third-order valence-electron chi connectivity index (χ3n) is 4.12. The standard InChI is InChI=1S/C20H21N3O2/c1-15-6-5-9-19-22-17(14-23(15)19)12-13-21-20(25)11-10-18(24)16-7-3-2-4-8-16/h2-9,14H,10-13H2,1H3,(H,21,25). The van der Waals surface area contributed by atoms with Crippen molar-refractivity contribution in [1.82, 2.24) is 14.7 Å². The number of carbonyl (C=O) groups is 2. The number of rotatable bonds is 7. The van der Waals surface area contributed by atoms with Crippen LogP contribution >= 0.6 is 0 Å². The van der Waals surface area contributed by atoms with Gasteiger partial charge in [0.2, 0.25) is 5.91 Å². The Kier molecular flexibility index (Phi) is 5.23. The first-order valence-corrected chi connectivity index (χ1v) is 8.42. The maximum absolute atomic E-state index is 12.0. The minimum Gasteiger partial charge on any atom is -0.356 e. The number of Topliss-reactive ketones (excluding diaryl/α,β-unsaturated/α-hetero) is 1. The lowest BCUT2D eigenvalue weighted by molar-refractivity contribution is -0.121. The first kappa shape index (κ1) is 16.9. The second kappa shape index (κ2) is 7.75. The summed E-state index contributed by atoms with van der Waals surface area (Å²) in [5.74, 6) is -0.115. The van der Waals surface area contributed by atoms with Gasteiger partial charge in [0.1, 0.15) is 5.65 Å². The molecular weight excluding hydrogens is 314 g/mol. The van der Waals surface area contributed by atoms with Gasteiger partial charge < -0.3 is 9.72 Å². The number of pyridine rings is 1. The fraction of sp³-hybridized carbons (Fsp3) is 0.250. The van der Waals surface area contributed by atoms with Gasteiger partial charge in [-0.1, -0.05) is 36.4 Å². The molecule has 0 aliphatic rings. The summed E-state index contributed by atoms with van der Waals surface area (Å²) in [6.45, 7) is 2.55. The predicted molar refractivity (Wildman–Crippen MR) is 96.6 cm³/mol. The number of aromatic nitrogens is 2. The highest BCUT2D eigenvalue weighted by Gasteiger charge is 2.09. The predicted octanol–water partition coefficient (Wildman–Crippen LogP) is 2.96. The highest BCUT2D eigenvalue weighted by atomic mass is 16.2. The third-order valence-corrected chi connectivity index (χ3v) is 4.12.